The molecular weight excluding hydrogens is 296 g/mol. The highest BCUT2D eigenvalue weighted by atomic mass is 32.1. The van der Waals surface area contributed by atoms with Gasteiger partial charge in [-0.25, -0.2) is 4.39 Å². The molecular formula is C14H13F2N3OS. The van der Waals surface area contributed by atoms with E-state index >= 15 is 0 Å². The largest absolute Gasteiger partial charge is 0.434 e. The van der Waals surface area contributed by atoms with Crippen LogP contribution in [0.2, 0.25) is 0 Å². The minimum atomic E-state index is -1.03. The first-order valence-corrected chi connectivity index (χ1v) is 7.26. The molecule has 7 heteroatoms. The van der Waals surface area contributed by atoms with Crippen LogP contribution in [-0.4, -0.2) is 15.4 Å². The van der Waals surface area contributed by atoms with E-state index in [1.807, 2.05) is 22.9 Å². The smallest absolute Gasteiger partial charge is 0.242 e. The molecule has 4 nitrogen and oxygen atoms in total. The number of thiazole rings is 1. The Bertz CT molecular complexity index is 782. The normalized spacial score (nSPS) is 12.8. The number of hydrogen-bond donors (Lipinski definition) is 1. The van der Waals surface area contributed by atoms with Crippen molar-refractivity contribution in [3.63, 3.8) is 0 Å². The Balaban J connectivity index is 2.03. The minimum absolute atomic E-state index is 0.107. The lowest BCUT2D eigenvalue weighted by atomic mass is 10.2. The number of rotatable bonds is 4. The zero-order valence-electron chi connectivity index (χ0n) is 11.2. The van der Waals surface area contributed by atoms with Crippen molar-refractivity contribution in [2.75, 3.05) is 0 Å². The molecule has 2 aromatic heterocycles. The van der Waals surface area contributed by atoms with Crippen molar-refractivity contribution in [1.29, 1.82) is 0 Å². The molecule has 0 bridgehead atoms. The molecule has 0 fully saturated rings. The van der Waals surface area contributed by atoms with Gasteiger partial charge in [0.25, 0.3) is 0 Å². The fourth-order valence-corrected chi connectivity index (χ4v) is 2.78. The molecule has 2 heterocycles. The first-order valence-electron chi connectivity index (χ1n) is 6.38. The Morgan fingerprint density at radius 3 is 3.00 bits per heavy atom. The minimum Gasteiger partial charge on any atom is -0.434 e. The molecule has 1 atom stereocenters. The van der Waals surface area contributed by atoms with Gasteiger partial charge in [-0.1, -0.05) is 6.07 Å². The first kappa shape index (κ1) is 14.0. The van der Waals surface area contributed by atoms with Crippen LogP contribution in [-0.2, 0) is 6.42 Å². The van der Waals surface area contributed by atoms with Gasteiger partial charge < -0.3 is 10.5 Å². The van der Waals surface area contributed by atoms with Gasteiger partial charge in [-0.3, -0.25) is 4.40 Å². The molecule has 21 heavy (non-hydrogen) atoms. The summed E-state index contributed by atoms with van der Waals surface area (Å²) in [6.07, 6.45) is 2.36. The van der Waals surface area contributed by atoms with Crippen LogP contribution in [0.3, 0.4) is 0 Å². The summed E-state index contributed by atoms with van der Waals surface area (Å²) in [5.41, 5.74) is 6.57. The summed E-state index contributed by atoms with van der Waals surface area (Å²) in [7, 11) is 0. The lowest BCUT2D eigenvalue weighted by molar-refractivity contribution is 0.402. The maximum atomic E-state index is 13.7. The molecule has 3 rings (SSSR count). The Kier molecular flexibility index (Phi) is 3.60. The third-order valence-electron chi connectivity index (χ3n) is 2.96. The third-order valence-corrected chi connectivity index (χ3v) is 3.72. The number of aromatic nitrogens is 2. The van der Waals surface area contributed by atoms with Gasteiger partial charge in [0.2, 0.25) is 11.7 Å². The Labute approximate surface area is 123 Å². The Morgan fingerprint density at radius 2 is 2.24 bits per heavy atom. The second-order valence-corrected chi connectivity index (χ2v) is 5.63. The van der Waals surface area contributed by atoms with Crippen LogP contribution in [0.4, 0.5) is 8.78 Å². The van der Waals surface area contributed by atoms with E-state index in [4.69, 9.17) is 10.5 Å². The summed E-state index contributed by atoms with van der Waals surface area (Å²) in [6, 6.07) is 3.68. The maximum Gasteiger partial charge on any atom is 0.242 e. The molecule has 0 aliphatic rings. The van der Waals surface area contributed by atoms with Gasteiger partial charge in [0, 0.05) is 24.0 Å². The van der Waals surface area contributed by atoms with E-state index in [1.165, 1.54) is 23.5 Å². The van der Waals surface area contributed by atoms with Crippen molar-refractivity contribution in [3.05, 3.63) is 47.1 Å². The number of ether oxygens (including phenoxy) is 1. The van der Waals surface area contributed by atoms with Crippen molar-refractivity contribution in [2.45, 2.75) is 19.4 Å². The summed E-state index contributed by atoms with van der Waals surface area (Å²) >= 11 is 1.43. The van der Waals surface area contributed by atoms with Crippen molar-refractivity contribution < 1.29 is 13.5 Å². The zero-order chi connectivity index (χ0) is 15.0. The molecule has 0 amide bonds. The lowest BCUT2D eigenvalue weighted by Crippen LogP contribution is -2.19. The second kappa shape index (κ2) is 5.42. The Morgan fingerprint density at radius 1 is 1.43 bits per heavy atom. The molecule has 1 aromatic carbocycles. The van der Waals surface area contributed by atoms with Gasteiger partial charge in [0.15, 0.2) is 16.5 Å². The molecule has 110 valence electrons. The lowest BCUT2D eigenvalue weighted by Gasteiger charge is -2.09. The summed E-state index contributed by atoms with van der Waals surface area (Å²) < 4.78 is 34.3. The number of benzene rings is 1. The molecule has 2 N–H and O–H groups in total. The van der Waals surface area contributed by atoms with Crippen molar-refractivity contribution >= 4 is 16.3 Å². The van der Waals surface area contributed by atoms with E-state index in [0.717, 1.165) is 16.7 Å². The molecule has 0 aliphatic heterocycles. The van der Waals surface area contributed by atoms with Crippen molar-refractivity contribution in [1.82, 2.24) is 9.38 Å². The highest BCUT2D eigenvalue weighted by Crippen LogP contribution is 2.30. The van der Waals surface area contributed by atoms with E-state index in [9.17, 15) is 8.78 Å². The van der Waals surface area contributed by atoms with Crippen LogP contribution in [0.5, 0.6) is 11.6 Å². The van der Waals surface area contributed by atoms with Crippen LogP contribution in [0.25, 0.3) is 4.96 Å². The van der Waals surface area contributed by atoms with Crippen LogP contribution in [0.15, 0.2) is 29.8 Å². The van der Waals surface area contributed by atoms with Crippen molar-refractivity contribution in [3.8, 4) is 11.6 Å². The number of halogens is 2. The quantitative estimate of drug-likeness (QED) is 0.804. The molecule has 0 spiro atoms. The molecule has 3 aromatic rings. The maximum absolute atomic E-state index is 13.7. The van der Waals surface area contributed by atoms with Gasteiger partial charge in [-0.15, -0.1) is 11.3 Å². The Hall–Kier alpha value is -1.99. The fraction of sp³-hybridized carbons (Fsp3) is 0.214. The third kappa shape index (κ3) is 2.62. The second-order valence-electron chi connectivity index (χ2n) is 4.75. The number of nitrogens with zero attached hydrogens (tertiary/aromatic N) is 2. The number of hydrogen-bond acceptors (Lipinski definition) is 4. The van der Waals surface area contributed by atoms with E-state index in [-0.39, 0.29) is 17.7 Å². The topological polar surface area (TPSA) is 52.5 Å². The molecule has 0 saturated heterocycles. The fourth-order valence-electron chi connectivity index (χ4n) is 2.05. The number of nitrogens with two attached hydrogens (primary N) is 1. The highest BCUT2D eigenvalue weighted by Gasteiger charge is 2.18. The van der Waals surface area contributed by atoms with Crippen LogP contribution in [0.1, 0.15) is 12.6 Å². The van der Waals surface area contributed by atoms with Gasteiger partial charge in [-0.2, -0.15) is 9.37 Å². The summed E-state index contributed by atoms with van der Waals surface area (Å²) in [5, 5.41) is 1.89. The predicted octanol–water partition coefficient (Wildman–Crippen LogP) is 3.36. The number of fused-ring (bicyclic) bond motifs is 1. The predicted molar refractivity (Wildman–Crippen MR) is 76.9 cm³/mol. The SMILES string of the molecule is CC(N)Cc1c(Oc2cccc(F)c2F)nc2sccn12. The van der Waals surface area contributed by atoms with Gasteiger partial charge in [-0.05, 0) is 19.1 Å². The van der Waals surface area contributed by atoms with Gasteiger partial charge in [0.1, 0.15) is 0 Å². The molecule has 0 aliphatic carbocycles. The zero-order valence-corrected chi connectivity index (χ0v) is 12.0. The molecule has 1 unspecified atom stereocenters. The summed E-state index contributed by atoms with van der Waals surface area (Å²) in [6.45, 7) is 1.86. The van der Waals surface area contributed by atoms with Crippen LogP contribution in [0, 0.1) is 11.6 Å². The van der Waals surface area contributed by atoms with E-state index in [0.29, 0.717) is 6.42 Å². The van der Waals surface area contributed by atoms with Crippen LogP contribution >= 0.6 is 11.3 Å². The van der Waals surface area contributed by atoms with E-state index < -0.39 is 11.6 Å². The van der Waals surface area contributed by atoms with E-state index in [1.54, 1.807) is 0 Å². The van der Waals surface area contributed by atoms with Gasteiger partial charge in [0.05, 0.1) is 5.69 Å². The van der Waals surface area contributed by atoms with Gasteiger partial charge >= 0.3 is 0 Å². The average molecular weight is 309 g/mol. The van der Waals surface area contributed by atoms with Crippen molar-refractivity contribution in [2.24, 2.45) is 5.73 Å². The standard InChI is InChI=1S/C14H13F2N3OS/c1-8(17)7-10-13(18-14-19(10)5-6-21-14)20-11-4-2-3-9(15)12(11)16/h2-6,8H,7,17H2,1H3. The monoisotopic (exact) mass is 309 g/mol. The van der Waals surface area contributed by atoms with E-state index in [2.05, 4.69) is 4.98 Å². The average Bonchev–Trinajstić information content (AvgIpc) is 2.98. The number of imidazole rings is 1. The molecule has 0 saturated carbocycles. The molecule has 0 radical (unpaired) electrons. The van der Waals surface area contributed by atoms with Crippen LogP contribution < -0.4 is 10.5 Å². The summed E-state index contributed by atoms with van der Waals surface area (Å²) in [5.74, 6) is -1.92. The summed E-state index contributed by atoms with van der Waals surface area (Å²) in [4.78, 5) is 5.03. The highest BCUT2D eigenvalue weighted by molar-refractivity contribution is 7.15. The first-order chi connectivity index (χ1) is 10.1.